The number of anilines is 3. The SMILES string of the molecule is c1ccc(-c2cccc(-c3ccccc3N(c3ccc4c(c3)sc3ccccc34)c3ccc4ccc5ccc6nc(-c7ccccc7)oc6c5c4c3)c2)cc1. The minimum absolute atomic E-state index is 0.626. The molecule has 0 radical (unpaired) electrons. The first-order chi connectivity index (χ1) is 27.2. The summed E-state index contributed by atoms with van der Waals surface area (Å²) in [6.45, 7) is 0. The van der Waals surface area contributed by atoms with E-state index in [9.17, 15) is 0 Å². The Balaban J connectivity index is 1.15. The van der Waals surface area contributed by atoms with E-state index in [1.54, 1.807) is 0 Å². The Morgan fingerprint density at radius 3 is 1.98 bits per heavy atom. The summed E-state index contributed by atoms with van der Waals surface area (Å²) in [7, 11) is 0. The average Bonchev–Trinajstić information content (AvgIpc) is 3.86. The Bertz CT molecular complexity index is 3220. The molecule has 11 rings (SSSR count). The summed E-state index contributed by atoms with van der Waals surface area (Å²) in [6.07, 6.45) is 0. The first-order valence-electron chi connectivity index (χ1n) is 18.5. The Morgan fingerprint density at radius 2 is 1.09 bits per heavy atom. The van der Waals surface area contributed by atoms with E-state index < -0.39 is 0 Å². The first-order valence-corrected chi connectivity index (χ1v) is 19.3. The molecule has 258 valence electrons. The Morgan fingerprint density at radius 1 is 0.436 bits per heavy atom. The quantitative estimate of drug-likeness (QED) is 0.160. The van der Waals surface area contributed by atoms with Gasteiger partial charge in [-0.25, -0.2) is 4.98 Å². The van der Waals surface area contributed by atoms with Crippen LogP contribution in [0.1, 0.15) is 0 Å². The third-order valence-electron chi connectivity index (χ3n) is 10.7. The fourth-order valence-electron chi connectivity index (χ4n) is 8.04. The molecule has 0 saturated carbocycles. The predicted molar refractivity (Wildman–Crippen MR) is 233 cm³/mol. The molecule has 0 N–H and O–H groups in total. The monoisotopic (exact) mass is 720 g/mol. The lowest BCUT2D eigenvalue weighted by Gasteiger charge is -2.28. The van der Waals surface area contributed by atoms with Crippen LogP contribution in [0.15, 0.2) is 199 Å². The highest BCUT2D eigenvalue weighted by Gasteiger charge is 2.21. The average molecular weight is 721 g/mol. The molecule has 0 fully saturated rings. The zero-order chi connectivity index (χ0) is 36.3. The van der Waals surface area contributed by atoms with Gasteiger partial charge in [0.25, 0.3) is 0 Å². The van der Waals surface area contributed by atoms with Crippen LogP contribution in [-0.4, -0.2) is 4.98 Å². The zero-order valence-corrected chi connectivity index (χ0v) is 30.5. The molecule has 0 atom stereocenters. The lowest BCUT2D eigenvalue weighted by Crippen LogP contribution is -2.11. The number of benzene rings is 9. The highest BCUT2D eigenvalue weighted by atomic mass is 32.1. The van der Waals surface area contributed by atoms with Gasteiger partial charge in [-0.3, -0.25) is 0 Å². The van der Waals surface area contributed by atoms with E-state index in [1.807, 2.05) is 41.7 Å². The van der Waals surface area contributed by atoms with Crippen LogP contribution >= 0.6 is 11.3 Å². The van der Waals surface area contributed by atoms with Crippen molar-refractivity contribution >= 4 is 81.2 Å². The van der Waals surface area contributed by atoms with Crippen LogP contribution < -0.4 is 4.90 Å². The lowest BCUT2D eigenvalue weighted by atomic mass is 9.96. The first kappa shape index (κ1) is 31.5. The normalized spacial score (nSPS) is 11.6. The molecule has 11 aromatic rings. The van der Waals surface area contributed by atoms with Crippen LogP contribution in [0.3, 0.4) is 0 Å². The Hall–Kier alpha value is -7.01. The number of para-hydroxylation sites is 1. The van der Waals surface area contributed by atoms with Gasteiger partial charge < -0.3 is 9.32 Å². The van der Waals surface area contributed by atoms with Crippen molar-refractivity contribution in [2.45, 2.75) is 0 Å². The molecule has 0 aliphatic rings. The number of hydrogen-bond donors (Lipinski definition) is 0. The summed E-state index contributed by atoms with van der Waals surface area (Å²) in [5, 5.41) is 7.01. The summed E-state index contributed by atoms with van der Waals surface area (Å²) in [5.41, 5.74) is 10.6. The molecular weight excluding hydrogens is 689 g/mol. The number of aromatic nitrogens is 1. The second-order valence-corrected chi connectivity index (χ2v) is 15.0. The van der Waals surface area contributed by atoms with Crippen LogP contribution in [-0.2, 0) is 0 Å². The van der Waals surface area contributed by atoms with E-state index >= 15 is 0 Å². The molecule has 9 aromatic carbocycles. The van der Waals surface area contributed by atoms with Crippen molar-refractivity contribution in [1.29, 1.82) is 0 Å². The summed E-state index contributed by atoms with van der Waals surface area (Å²) in [4.78, 5) is 7.36. The van der Waals surface area contributed by atoms with Crippen molar-refractivity contribution in [3.8, 4) is 33.7 Å². The molecule has 0 saturated heterocycles. The van der Waals surface area contributed by atoms with Gasteiger partial charge in [-0.15, -0.1) is 11.3 Å². The molecule has 0 spiro atoms. The molecule has 0 amide bonds. The molecule has 4 heteroatoms. The van der Waals surface area contributed by atoms with E-state index in [1.165, 1.54) is 31.3 Å². The van der Waals surface area contributed by atoms with Crippen molar-refractivity contribution in [3.63, 3.8) is 0 Å². The molecule has 0 aliphatic heterocycles. The topological polar surface area (TPSA) is 29.3 Å². The molecule has 2 heterocycles. The molecule has 0 aliphatic carbocycles. The van der Waals surface area contributed by atoms with Crippen LogP contribution in [0.25, 0.3) is 86.5 Å². The van der Waals surface area contributed by atoms with E-state index in [0.717, 1.165) is 66.4 Å². The van der Waals surface area contributed by atoms with E-state index in [4.69, 9.17) is 9.40 Å². The Labute approximate surface area is 322 Å². The molecule has 0 bridgehead atoms. The zero-order valence-electron chi connectivity index (χ0n) is 29.7. The van der Waals surface area contributed by atoms with Gasteiger partial charge in [0.2, 0.25) is 5.89 Å². The summed E-state index contributed by atoms with van der Waals surface area (Å²) >= 11 is 1.84. The van der Waals surface area contributed by atoms with E-state index in [-0.39, 0.29) is 0 Å². The molecule has 0 unspecified atom stereocenters. The number of hydrogen-bond acceptors (Lipinski definition) is 4. The minimum Gasteiger partial charge on any atom is -0.435 e. The number of fused-ring (bicyclic) bond motifs is 8. The van der Waals surface area contributed by atoms with Gasteiger partial charge in [0, 0.05) is 48.1 Å². The number of rotatable bonds is 6. The van der Waals surface area contributed by atoms with E-state index in [2.05, 4.69) is 169 Å². The molecule has 3 nitrogen and oxygen atoms in total. The Kier molecular flexibility index (Phi) is 7.35. The third-order valence-corrected chi connectivity index (χ3v) is 11.8. The molecular formula is C51H32N2OS. The van der Waals surface area contributed by atoms with Crippen molar-refractivity contribution in [1.82, 2.24) is 4.98 Å². The van der Waals surface area contributed by atoms with Crippen LogP contribution in [0.4, 0.5) is 17.1 Å². The minimum atomic E-state index is 0.626. The van der Waals surface area contributed by atoms with E-state index in [0.29, 0.717) is 5.89 Å². The molecule has 55 heavy (non-hydrogen) atoms. The fourth-order valence-corrected chi connectivity index (χ4v) is 9.18. The maximum atomic E-state index is 6.62. The van der Waals surface area contributed by atoms with Crippen molar-refractivity contribution < 1.29 is 4.42 Å². The van der Waals surface area contributed by atoms with Gasteiger partial charge in [-0.1, -0.05) is 133 Å². The second kappa shape index (κ2) is 12.8. The van der Waals surface area contributed by atoms with Gasteiger partial charge in [0.1, 0.15) is 5.52 Å². The lowest BCUT2D eigenvalue weighted by molar-refractivity contribution is 0.623. The second-order valence-electron chi connectivity index (χ2n) is 13.9. The number of nitrogens with zero attached hydrogens (tertiary/aromatic N) is 2. The largest absolute Gasteiger partial charge is 0.435 e. The highest BCUT2D eigenvalue weighted by molar-refractivity contribution is 7.25. The van der Waals surface area contributed by atoms with Gasteiger partial charge in [0.05, 0.1) is 5.69 Å². The van der Waals surface area contributed by atoms with Crippen molar-refractivity contribution in [2.75, 3.05) is 4.90 Å². The van der Waals surface area contributed by atoms with Crippen LogP contribution in [0, 0.1) is 0 Å². The standard InChI is InChI=1S/C51H32N2OS/c1-3-12-33(13-4-1)37-16-11-17-38(30-37)41-18-7-9-20-46(41)53(40-27-28-43-42-19-8-10-21-47(42)55-48(43)32-40)39-26-24-34-22-23-35-25-29-45-50(49(35)44(34)31-39)54-51(52-45)36-14-5-2-6-15-36/h1-32H. The van der Waals surface area contributed by atoms with Crippen molar-refractivity contribution in [3.05, 3.63) is 194 Å². The van der Waals surface area contributed by atoms with Crippen LogP contribution in [0.5, 0.6) is 0 Å². The van der Waals surface area contributed by atoms with Gasteiger partial charge in [0.15, 0.2) is 5.58 Å². The van der Waals surface area contributed by atoms with Gasteiger partial charge >= 0.3 is 0 Å². The fraction of sp³-hybridized carbons (Fsp3) is 0. The summed E-state index contributed by atoms with van der Waals surface area (Å²) in [5.74, 6) is 0.626. The maximum Gasteiger partial charge on any atom is 0.227 e. The van der Waals surface area contributed by atoms with Crippen molar-refractivity contribution in [2.24, 2.45) is 0 Å². The maximum absolute atomic E-state index is 6.62. The predicted octanol–water partition coefficient (Wildman–Crippen LogP) is 15.0. The summed E-state index contributed by atoms with van der Waals surface area (Å²) in [6, 6.07) is 69.4. The summed E-state index contributed by atoms with van der Waals surface area (Å²) < 4.78 is 9.18. The van der Waals surface area contributed by atoms with Gasteiger partial charge in [-0.2, -0.15) is 0 Å². The smallest absolute Gasteiger partial charge is 0.227 e. The highest BCUT2D eigenvalue weighted by Crippen LogP contribution is 2.46. The number of oxazole rings is 1. The number of thiophene rings is 1. The van der Waals surface area contributed by atoms with Crippen LogP contribution in [0.2, 0.25) is 0 Å². The van der Waals surface area contributed by atoms with Gasteiger partial charge in [-0.05, 0) is 93.5 Å². The third kappa shape index (κ3) is 5.38. The molecule has 2 aromatic heterocycles.